The second kappa shape index (κ2) is 9.32. The third-order valence-corrected chi connectivity index (χ3v) is 5.44. The van der Waals surface area contributed by atoms with Gasteiger partial charge in [-0.15, -0.1) is 0 Å². The molecule has 0 atom stereocenters. The first-order valence-corrected chi connectivity index (χ1v) is 10.6. The number of hydrogen-bond donors (Lipinski definition) is 1. The van der Waals surface area contributed by atoms with Crippen molar-refractivity contribution in [3.05, 3.63) is 99.7 Å². The van der Waals surface area contributed by atoms with Crippen LogP contribution in [0.3, 0.4) is 0 Å². The molecule has 2 aromatic carbocycles. The van der Waals surface area contributed by atoms with Crippen molar-refractivity contribution in [1.29, 1.82) is 0 Å². The van der Waals surface area contributed by atoms with Crippen molar-refractivity contribution < 1.29 is 13.9 Å². The second-order valence-corrected chi connectivity index (χ2v) is 8.11. The summed E-state index contributed by atoms with van der Waals surface area (Å²) in [5.41, 5.74) is 4.75. The molecule has 0 radical (unpaired) electrons. The zero-order valence-electron chi connectivity index (χ0n) is 18.2. The fourth-order valence-electron chi connectivity index (χ4n) is 3.39. The van der Waals surface area contributed by atoms with Crippen LogP contribution in [0.25, 0.3) is 0 Å². The third-order valence-electron chi connectivity index (χ3n) is 5.02. The summed E-state index contributed by atoms with van der Waals surface area (Å²) in [6.45, 7) is 6.76. The van der Waals surface area contributed by atoms with Gasteiger partial charge in [-0.2, -0.15) is 5.10 Å². The Morgan fingerprint density at radius 1 is 1.09 bits per heavy atom. The van der Waals surface area contributed by atoms with Gasteiger partial charge in [0.2, 0.25) is 0 Å². The van der Waals surface area contributed by atoms with Gasteiger partial charge < -0.3 is 14.5 Å². The van der Waals surface area contributed by atoms with Crippen LogP contribution >= 0.6 is 11.6 Å². The average Bonchev–Trinajstić information content (AvgIpc) is 3.35. The van der Waals surface area contributed by atoms with Gasteiger partial charge in [-0.05, 0) is 80.4 Å². The lowest BCUT2D eigenvalue weighted by Gasteiger charge is -2.08. The van der Waals surface area contributed by atoms with E-state index in [9.17, 15) is 4.79 Å². The number of halogens is 1. The molecule has 0 aliphatic rings. The molecule has 4 rings (SSSR count). The molecule has 0 bridgehead atoms. The number of nitrogens with zero attached hydrogens (tertiary/aromatic N) is 2. The normalized spacial score (nSPS) is 10.9. The molecule has 0 aliphatic heterocycles. The first kappa shape index (κ1) is 21.7. The van der Waals surface area contributed by atoms with Gasteiger partial charge in [-0.1, -0.05) is 23.7 Å². The lowest BCUT2D eigenvalue weighted by molar-refractivity contribution is 0.0992. The van der Waals surface area contributed by atoms with Crippen LogP contribution in [-0.4, -0.2) is 15.7 Å². The molecule has 2 aromatic heterocycles. The average molecular weight is 450 g/mol. The van der Waals surface area contributed by atoms with Crippen LogP contribution in [0.1, 0.15) is 38.8 Å². The van der Waals surface area contributed by atoms with Gasteiger partial charge in [0.25, 0.3) is 5.91 Å². The molecule has 1 amide bonds. The molecule has 2 heterocycles. The summed E-state index contributed by atoms with van der Waals surface area (Å²) in [6.07, 6.45) is 0. The molecule has 7 heteroatoms. The van der Waals surface area contributed by atoms with Crippen LogP contribution in [0.4, 0.5) is 5.69 Å². The maximum atomic E-state index is 12.6. The van der Waals surface area contributed by atoms with Crippen molar-refractivity contribution in [2.24, 2.45) is 0 Å². The largest absolute Gasteiger partial charge is 0.486 e. The molecule has 0 unspecified atom stereocenters. The van der Waals surface area contributed by atoms with Gasteiger partial charge >= 0.3 is 0 Å². The van der Waals surface area contributed by atoms with Gasteiger partial charge in [0.05, 0.1) is 12.2 Å². The van der Waals surface area contributed by atoms with Crippen molar-refractivity contribution in [2.75, 3.05) is 5.32 Å². The number of ether oxygens (including phenoxy) is 1. The summed E-state index contributed by atoms with van der Waals surface area (Å²) in [5.74, 6) is 1.15. The molecule has 1 N–H and O–H groups in total. The number of hydrogen-bond acceptors (Lipinski definition) is 4. The molecule has 32 heavy (non-hydrogen) atoms. The number of carbonyl (C=O) groups excluding carboxylic acids is 1. The zero-order chi connectivity index (χ0) is 22.7. The minimum absolute atomic E-state index is 0.215. The standard InChI is InChI=1S/C25H24ClN3O3/c1-16-11-21(7-9-23(16)26)31-15-22-8-10-24(32-22)25(30)27-20-6-4-5-19(13-20)14-29-18(3)12-17(2)28-29/h4-13H,14-15H2,1-3H3,(H,27,30). The highest BCUT2D eigenvalue weighted by Gasteiger charge is 2.13. The second-order valence-electron chi connectivity index (χ2n) is 7.70. The zero-order valence-corrected chi connectivity index (χ0v) is 18.9. The fourth-order valence-corrected chi connectivity index (χ4v) is 3.50. The number of aromatic nitrogens is 2. The summed E-state index contributed by atoms with van der Waals surface area (Å²) >= 11 is 6.04. The molecule has 4 aromatic rings. The molecule has 164 valence electrons. The highest BCUT2D eigenvalue weighted by molar-refractivity contribution is 6.31. The first-order chi connectivity index (χ1) is 15.4. The van der Waals surface area contributed by atoms with E-state index in [-0.39, 0.29) is 18.3 Å². The number of anilines is 1. The van der Waals surface area contributed by atoms with Crippen LogP contribution in [0.5, 0.6) is 5.75 Å². The van der Waals surface area contributed by atoms with Crippen LogP contribution < -0.4 is 10.1 Å². The predicted octanol–water partition coefficient (Wildman–Crippen LogP) is 5.93. The molecular weight excluding hydrogens is 426 g/mol. The molecule has 0 saturated heterocycles. The van der Waals surface area contributed by atoms with E-state index in [1.807, 2.05) is 61.9 Å². The van der Waals surface area contributed by atoms with Crippen LogP contribution in [0.2, 0.25) is 5.02 Å². The maximum Gasteiger partial charge on any atom is 0.291 e. The number of amides is 1. The Morgan fingerprint density at radius 2 is 1.94 bits per heavy atom. The Morgan fingerprint density at radius 3 is 2.69 bits per heavy atom. The minimum Gasteiger partial charge on any atom is -0.486 e. The van der Waals surface area contributed by atoms with Crippen LogP contribution in [0.15, 0.2) is 65.1 Å². The Hall–Kier alpha value is -3.51. The van der Waals surface area contributed by atoms with Crippen molar-refractivity contribution in [2.45, 2.75) is 33.9 Å². The van der Waals surface area contributed by atoms with E-state index in [4.69, 9.17) is 20.8 Å². The molecule has 6 nitrogen and oxygen atoms in total. The van der Waals surface area contributed by atoms with Crippen LogP contribution in [-0.2, 0) is 13.2 Å². The van der Waals surface area contributed by atoms with Crippen molar-refractivity contribution >= 4 is 23.2 Å². The van der Waals surface area contributed by atoms with E-state index in [1.54, 1.807) is 24.3 Å². The number of benzene rings is 2. The van der Waals surface area contributed by atoms with E-state index in [1.165, 1.54) is 0 Å². The van der Waals surface area contributed by atoms with Gasteiger partial charge in [0, 0.05) is 16.4 Å². The summed E-state index contributed by atoms with van der Waals surface area (Å²) in [7, 11) is 0. The molecule has 0 spiro atoms. The first-order valence-electron chi connectivity index (χ1n) is 10.3. The minimum atomic E-state index is -0.318. The summed E-state index contributed by atoms with van der Waals surface area (Å²) in [6, 6.07) is 18.6. The number of furan rings is 1. The lowest BCUT2D eigenvalue weighted by Crippen LogP contribution is -2.11. The number of rotatable bonds is 7. The molecular formula is C25H24ClN3O3. The highest BCUT2D eigenvalue weighted by Crippen LogP contribution is 2.22. The molecule has 0 aliphatic carbocycles. The van der Waals surface area contributed by atoms with Crippen molar-refractivity contribution in [1.82, 2.24) is 9.78 Å². The molecule has 0 saturated carbocycles. The lowest BCUT2D eigenvalue weighted by atomic mass is 10.2. The smallest absolute Gasteiger partial charge is 0.291 e. The van der Waals surface area contributed by atoms with Gasteiger partial charge in [-0.3, -0.25) is 9.48 Å². The summed E-state index contributed by atoms with van der Waals surface area (Å²) in [5, 5.41) is 8.07. The van der Waals surface area contributed by atoms with E-state index < -0.39 is 0 Å². The fraction of sp³-hybridized carbons (Fsp3) is 0.200. The predicted molar refractivity (Wildman–Crippen MR) is 124 cm³/mol. The topological polar surface area (TPSA) is 69.3 Å². The number of nitrogens with one attached hydrogen (secondary N) is 1. The van der Waals surface area contributed by atoms with E-state index in [0.717, 1.165) is 22.5 Å². The Labute approximate surface area is 191 Å². The van der Waals surface area contributed by atoms with Gasteiger partial charge in [0.1, 0.15) is 18.1 Å². The highest BCUT2D eigenvalue weighted by atomic mass is 35.5. The van der Waals surface area contributed by atoms with Crippen molar-refractivity contribution in [3.63, 3.8) is 0 Å². The third kappa shape index (κ3) is 5.21. The van der Waals surface area contributed by atoms with E-state index in [2.05, 4.69) is 10.4 Å². The van der Waals surface area contributed by atoms with E-state index in [0.29, 0.717) is 28.8 Å². The van der Waals surface area contributed by atoms with Gasteiger partial charge in [0.15, 0.2) is 5.76 Å². The summed E-state index contributed by atoms with van der Waals surface area (Å²) in [4.78, 5) is 12.6. The maximum absolute atomic E-state index is 12.6. The summed E-state index contributed by atoms with van der Waals surface area (Å²) < 4.78 is 13.3. The SMILES string of the molecule is Cc1cc(C)n(Cc2cccc(NC(=O)c3ccc(COc4ccc(Cl)c(C)c4)o3)c2)n1. The monoisotopic (exact) mass is 449 g/mol. The quantitative estimate of drug-likeness (QED) is 0.379. The Bertz CT molecular complexity index is 1260. The molecule has 0 fully saturated rings. The van der Waals surface area contributed by atoms with E-state index >= 15 is 0 Å². The van der Waals surface area contributed by atoms with Crippen molar-refractivity contribution in [3.8, 4) is 5.75 Å². The Kier molecular flexibility index (Phi) is 6.32. The van der Waals surface area contributed by atoms with Gasteiger partial charge in [-0.25, -0.2) is 0 Å². The van der Waals surface area contributed by atoms with Crippen LogP contribution in [0, 0.1) is 20.8 Å². The number of aryl methyl sites for hydroxylation is 3. The Balaban J connectivity index is 1.37. The number of carbonyl (C=O) groups is 1.